The summed E-state index contributed by atoms with van der Waals surface area (Å²) in [5, 5.41) is 2.94. The Balaban J connectivity index is 1.90. The van der Waals surface area contributed by atoms with E-state index in [4.69, 9.17) is 9.47 Å². The van der Waals surface area contributed by atoms with Gasteiger partial charge in [0.15, 0.2) is 0 Å². The number of carbonyl (C=O) groups is 1. The molecule has 0 aliphatic carbocycles. The third kappa shape index (κ3) is 5.49. The zero-order chi connectivity index (χ0) is 17.0. The van der Waals surface area contributed by atoms with Crippen molar-refractivity contribution in [3.8, 4) is 5.88 Å². The summed E-state index contributed by atoms with van der Waals surface area (Å²) in [5.74, 6) is 0.667. The minimum atomic E-state index is -0.471. The van der Waals surface area contributed by atoms with E-state index in [0.29, 0.717) is 5.88 Å². The van der Waals surface area contributed by atoms with Crippen LogP contribution in [0.1, 0.15) is 32.8 Å². The van der Waals surface area contributed by atoms with Gasteiger partial charge in [-0.15, -0.1) is 0 Å². The number of aromatic nitrogens is 1. The summed E-state index contributed by atoms with van der Waals surface area (Å²) in [5.41, 5.74) is 0.621. The molecule has 1 aliphatic rings. The number of likely N-dealkylation sites (tertiary alicyclic amines) is 1. The van der Waals surface area contributed by atoms with Crippen molar-refractivity contribution < 1.29 is 14.3 Å². The van der Waals surface area contributed by atoms with Crippen molar-refractivity contribution in [2.45, 2.75) is 45.4 Å². The first-order chi connectivity index (χ1) is 10.8. The van der Waals surface area contributed by atoms with Gasteiger partial charge in [-0.2, -0.15) is 0 Å². The number of carbonyl (C=O) groups excluding carboxylic acids is 1. The van der Waals surface area contributed by atoms with Crippen LogP contribution in [0.4, 0.5) is 4.79 Å². The number of rotatable bonds is 4. The normalized spacial score (nSPS) is 18.7. The molecule has 1 saturated heterocycles. The molecule has 1 amide bonds. The Morgan fingerprint density at radius 2 is 2.26 bits per heavy atom. The van der Waals surface area contributed by atoms with Gasteiger partial charge in [-0.25, -0.2) is 9.78 Å². The Bertz CT molecular complexity index is 560. The van der Waals surface area contributed by atoms with E-state index in [2.05, 4.69) is 37.8 Å². The number of halogens is 1. The second-order valence-corrected chi connectivity index (χ2v) is 7.81. The van der Waals surface area contributed by atoms with Gasteiger partial charge in [0.1, 0.15) is 5.60 Å². The Kier molecular flexibility index (Phi) is 6.07. The van der Waals surface area contributed by atoms with Gasteiger partial charge in [0.2, 0.25) is 5.88 Å². The maximum absolute atomic E-state index is 11.9. The second kappa shape index (κ2) is 7.65. The number of pyridine rings is 1. The van der Waals surface area contributed by atoms with Crippen LogP contribution in [0, 0.1) is 3.57 Å². The lowest BCUT2D eigenvalue weighted by Gasteiger charge is -2.22. The molecule has 128 valence electrons. The molecule has 0 aromatic carbocycles. The molecule has 1 atom stereocenters. The van der Waals surface area contributed by atoms with Crippen molar-refractivity contribution in [3.05, 3.63) is 21.4 Å². The third-order valence-electron chi connectivity index (χ3n) is 3.53. The molecular formula is C16H24IN3O3. The lowest BCUT2D eigenvalue weighted by molar-refractivity contribution is 0.0505. The van der Waals surface area contributed by atoms with Gasteiger partial charge in [0.25, 0.3) is 0 Å². The Morgan fingerprint density at radius 3 is 2.91 bits per heavy atom. The number of hydrogen-bond acceptors (Lipinski definition) is 5. The highest BCUT2D eigenvalue weighted by Crippen LogP contribution is 2.24. The largest absolute Gasteiger partial charge is 0.481 e. The van der Waals surface area contributed by atoms with E-state index in [1.165, 1.54) is 0 Å². The fraction of sp³-hybridized carbons (Fsp3) is 0.625. The number of nitrogens with one attached hydrogen (secondary N) is 1. The van der Waals surface area contributed by atoms with Crippen LogP contribution in [0.5, 0.6) is 5.88 Å². The maximum Gasteiger partial charge on any atom is 0.407 e. The molecule has 0 radical (unpaired) electrons. The highest BCUT2D eigenvalue weighted by Gasteiger charge is 2.27. The molecule has 1 N–H and O–H groups in total. The maximum atomic E-state index is 11.9. The van der Waals surface area contributed by atoms with Crippen LogP contribution in [0.3, 0.4) is 0 Å². The van der Waals surface area contributed by atoms with Gasteiger partial charge in [-0.05, 0) is 55.8 Å². The molecule has 1 aromatic heterocycles. The predicted octanol–water partition coefficient (Wildman–Crippen LogP) is 2.79. The van der Waals surface area contributed by atoms with Gasteiger partial charge in [0.05, 0.1) is 7.11 Å². The van der Waals surface area contributed by atoms with Crippen LogP contribution in [-0.4, -0.2) is 47.8 Å². The molecular weight excluding hydrogens is 409 g/mol. The molecule has 1 fully saturated rings. The molecule has 0 spiro atoms. The molecule has 6 nitrogen and oxygen atoms in total. The summed E-state index contributed by atoms with van der Waals surface area (Å²) in [7, 11) is 1.64. The van der Waals surface area contributed by atoms with Gasteiger partial charge in [0, 0.05) is 41.0 Å². The number of amides is 1. The van der Waals surface area contributed by atoms with E-state index in [1.807, 2.05) is 26.8 Å². The number of hydrogen-bond donors (Lipinski definition) is 1. The topological polar surface area (TPSA) is 63.7 Å². The lowest BCUT2D eigenvalue weighted by Crippen LogP contribution is -2.40. The molecule has 7 heteroatoms. The molecule has 23 heavy (non-hydrogen) atoms. The first-order valence-electron chi connectivity index (χ1n) is 7.67. The van der Waals surface area contributed by atoms with Crippen molar-refractivity contribution >= 4 is 28.7 Å². The Labute approximate surface area is 151 Å². The molecule has 2 rings (SSSR count). The lowest BCUT2D eigenvalue weighted by atomic mass is 10.2. The molecule has 2 heterocycles. The van der Waals surface area contributed by atoms with Crippen molar-refractivity contribution in [2.75, 3.05) is 20.2 Å². The highest BCUT2D eigenvalue weighted by atomic mass is 127. The summed E-state index contributed by atoms with van der Waals surface area (Å²) in [6.07, 6.45) is 2.32. The van der Waals surface area contributed by atoms with Gasteiger partial charge < -0.3 is 14.8 Å². The van der Waals surface area contributed by atoms with Gasteiger partial charge in [-0.1, -0.05) is 0 Å². The molecule has 0 unspecified atom stereocenters. The van der Waals surface area contributed by atoms with E-state index in [0.717, 1.165) is 35.2 Å². The first-order valence-corrected chi connectivity index (χ1v) is 8.75. The molecule has 0 bridgehead atoms. The van der Waals surface area contributed by atoms with E-state index >= 15 is 0 Å². The minimum absolute atomic E-state index is 0.116. The Hall–Kier alpha value is -1.09. The van der Waals surface area contributed by atoms with Crippen molar-refractivity contribution in [2.24, 2.45) is 0 Å². The minimum Gasteiger partial charge on any atom is -0.481 e. The van der Waals surface area contributed by atoms with Crippen LogP contribution < -0.4 is 10.1 Å². The van der Waals surface area contributed by atoms with Crippen molar-refractivity contribution in [1.82, 2.24) is 15.2 Å². The molecule has 1 aliphatic heterocycles. The zero-order valence-electron chi connectivity index (χ0n) is 14.1. The summed E-state index contributed by atoms with van der Waals surface area (Å²) >= 11 is 2.30. The predicted molar refractivity (Wildman–Crippen MR) is 96.6 cm³/mol. The molecule has 1 aromatic rings. The second-order valence-electron chi connectivity index (χ2n) is 6.65. The standard InChI is InChI=1S/C16H24IN3O3/c1-16(2,3)23-15(21)19-11-6-8-20(9-11)10-12-13(17)5-7-18-14(12)22-4/h5,7,11H,6,8-10H2,1-4H3,(H,19,21)/t11-/m0/s1. The zero-order valence-corrected chi connectivity index (χ0v) is 16.2. The van der Waals surface area contributed by atoms with E-state index in [1.54, 1.807) is 13.3 Å². The van der Waals surface area contributed by atoms with E-state index in [-0.39, 0.29) is 12.1 Å². The Morgan fingerprint density at radius 1 is 1.52 bits per heavy atom. The van der Waals surface area contributed by atoms with E-state index < -0.39 is 5.60 Å². The van der Waals surface area contributed by atoms with Gasteiger partial charge in [-0.3, -0.25) is 4.90 Å². The molecule has 0 saturated carbocycles. The highest BCUT2D eigenvalue weighted by molar-refractivity contribution is 14.1. The van der Waals surface area contributed by atoms with E-state index in [9.17, 15) is 4.79 Å². The van der Waals surface area contributed by atoms with Crippen LogP contribution in [0.25, 0.3) is 0 Å². The van der Waals surface area contributed by atoms with Crippen LogP contribution in [0.15, 0.2) is 12.3 Å². The average Bonchev–Trinajstić information content (AvgIpc) is 2.86. The fourth-order valence-corrected chi connectivity index (χ4v) is 3.12. The summed E-state index contributed by atoms with van der Waals surface area (Å²) in [4.78, 5) is 18.4. The number of methoxy groups -OCH3 is 1. The van der Waals surface area contributed by atoms with Gasteiger partial charge >= 0.3 is 6.09 Å². The summed E-state index contributed by atoms with van der Waals surface area (Å²) in [6.45, 7) is 8.09. The summed E-state index contributed by atoms with van der Waals surface area (Å²) < 4.78 is 11.8. The van der Waals surface area contributed by atoms with Crippen molar-refractivity contribution in [1.29, 1.82) is 0 Å². The number of nitrogens with zero attached hydrogens (tertiary/aromatic N) is 2. The van der Waals surface area contributed by atoms with Crippen molar-refractivity contribution in [3.63, 3.8) is 0 Å². The first kappa shape index (κ1) is 18.3. The average molecular weight is 433 g/mol. The number of alkyl carbamates (subject to hydrolysis) is 1. The monoisotopic (exact) mass is 433 g/mol. The summed E-state index contributed by atoms with van der Waals surface area (Å²) in [6, 6.07) is 2.09. The fourth-order valence-electron chi connectivity index (χ4n) is 2.56. The quantitative estimate of drug-likeness (QED) is 0.741. The van der Waals surface area contributed by atoms with Crippen LogP contribution >= 0.6 is 22.6 Å². The SMILES string of the molecule is COc1nccc(I)c1CN1CC[C@H](NC(=O)OC(C)(C)C)C1. The van der Waals surface area contributed by atoms with Crippen LogP contribution in [-0.2, 0) is 11.3 Å². The smallest absolute Gasteiger partial charge is 0.407 e. The number of ether oxygens (including phenoxy) is 2. The third-order valence-corrected chi connectivity index (χ3v) is 4.54. The van der Waals surface area contributed by atoms with Crippen LogP contribution in [0.2, 0.25) is 0 Å².